The van der Waals surface area contributed by atoms with Crippen molar-refractivity contribution in [2.75, 3.05) is 33.9 Å². The summed E-state index contributed by atoms with van der Waals surface area (Å²) >= 11 is 0. The molecule has 1 N–H and O–H groups in total. The lowest BCUT2D eigenvalue weighted by molar-refractivity contribution is -0.126. The third-order valence-corrected chi connectivity index (χ3v) is 5.45. The maximum absolute atomic E-state index is 14.3. The molecule has 0 saturated carbocycles. The number of benzene rings is 2. The van der Waals surface area contributed by atoms with Crippen molar-refractivity contribution in [3.63, 3.8) is 0 Å². The van der Waals surface area contributed by atoms with Gasteiger partial charge in [-0.2, -0.15) is 0 Å². The van der Waals surface area contributed by atoms with E-state index in [1.54, 1.807) is 43.3 Å². The Morgan fingerprint density at radius 3 is 2.50 bits per heavy atom. The molecule has 1 aliphatic rings. The van der Waals surface area contributed by atoms with E-state index in [2.05, 4.69) is 5.32 Å². The summed E-state index contributed by atoms with van der Waals surface area (Å²) in [7, 11) is 3.49. The van der Waals surface area contributed by atoms with Gasteiger partial charge in [0.1, 0.15) is 17.7 Å². The first-order valence-corrected chi connectivity index (χ1v) is 9.45. The Balaban J connectivity index is 1.82. The molecule has 1 aliphatic heterocycles. The van der Waals surface area contributed by atoms with Gasteiger partial charge in [0.15, 0.2) is 0 Å². The number of amides is 1. The van der Waals surface area contributed by atoms with Gasteiger partial charge >= 0.3 is 0 Å². The normalized spacial score (nSPS) is 17.3. The molecule has 6 heteroatoms. The average molecular weight is 388 g/mol. The van der Waals surface area contributed by atoms with Gasteiger partial charge in [-0.3, -0.25) is 9.69 Å². The summed E-state index contributed by atoms with van der Waals surface area (Å²) in [5, 5.41) is 2.99. The SMILES string of the molecule is CN(C)C(C(=O)NCC1(c2cccc(F)c2)CCOCC1)c1ccccc1F. The Morgan fingerprint density at radius 1 is 1.14 bits per heavy atom. The highest BCUT2D eigenvalue weighted by Gasteiger charge is 2.36. The van der Waals surface area contributed by atoms with E-state index in [0.29, 0.717) is 38.2 Å². The summed E-state index contributed by atoms with van der Waals surface area (Å²) in [5.41, 5.74) is 0.780. The fraction of sp³-hybridized carbons (Fsp3) is 0.409. The van der Waals surface area contributed by atoms with Crippen LogP contribution >= 0.6 is 0 Å². The largest absolute Gasteiger partial charge is 0.381 e. The molecule has 4 nitrogen and oxygen atoms in total. The zero-order valence-electron chi connectivity index (χ0n) is 16.3. The highest BCUT2D eigenvalue weighted by atomic mass is 19.1. The highest BCUT2D eigenvalue weighted by molar-refractivity contribution is 5.83. The quantitative estimate of drug-likeness (QED) is 0.824. The first-order valence-electron chi connectivity index (χ1n) is 9.45. The van der Waals surface area contributed by atoms with Crippen molar-refractivity contribution in [1.82, 2.24) is 10.2 Å². The first-order chi connectivity index (χ1) is 13.4. The van der Waals surface area contributed by atoms with Crippen LogP contribution in [0.1, 0.15) is 30.0 Å². The van der Waals surface area contributed by atoms with Crippen LogP contribution in [0.2, 0.25) is 0 Å². The summed E-state index contributed by atoms with van der Waals surface area (Å²) in [6.07, 6.45) is 1.37. The topological polar surface area (TPSA) is 41.6 Å². The Bertz CT molecular complexity index is 820. The van der Waals surface area contributed by atoms with Crippen LogP contribution in [0.4, 0.5) is 8.78 Å². The maximum atomic E-state index is 14.3. The molecule has 1 fully saturated rings. The molecule has 0 bridgehead atoms. The molecule has 2 aromatic carbocycles. The molecule has 1 saturated heterocycles. The minimum atomic E-state index is -0.745. The van der Waals surface area contributed by atoms with Crippen LogP contribution in [0, 0.1) is 11.6 Å². The number of nitrogens with zero attached hydrogens (tertiary/aromatic N) is 1. The van der Waals surface area contributed by atoms with E-state index in [1.807, 2.05) is 6.07 Å². The molecule has 1 atom stereocenters. The summed E-state index contributed by atoms with van der Waals surface area (Å²) in [5.74, 6) is -0.994. The molecule has 1 amide bonds. The number of ether oxygens (including phenoxy) is 1. The number of likely N-dealkylation sites (N-methyl/N-ethyl adjacent to an activating group) is 1. The Labute approximate surface area is 164 Å². The van der Waals surface area contributed by atoms with E-state index >= 15 is 0 Å². The van der Waals surface area contributed by atoms with Gasteiger partial charge in [0.05, 0.1) is 0 Å². The number of hydrogen-bond acceptors (Lipinski definition) is 3. The maximum Gasteiger partial charge on any atom is 0.242 e. The van der Waals surface area contributed by atoms with Crippen LogP contribution < -0.4 is 5.32 Å². The van der Waals surface area contributed by atoms with Crippen LogP contribution in [-0.2, 0) is 14.9 Å². The molecule has 28 heavy (non-hydrogen) atoms. The van der Waals surface area contributed by atoms with Gasteiger partial charge in [-0.15, -0.1) is 0 Å². The smallest absolute Gasteiger partial charge is 0.242 e. The highest BCUT2D eigenvalue weighted by Crippen LogP contribution is 2.35. The molecule has 1 unspecified atom stereocenters. The zero-order chi connectivity index (χ0) is 20.1. The van der Waals surface area contributed by atoms with E-state index in [1.165, 1.54) is 18.2 Å². The van der Waals surface area contributed by atoms with Gasteiger partial charge in [0, 0.05) is 30.7 Å². The Morgan fingerprint density at radius 2 is 1.86 bits per heavy atom. The van der Waals surface area contributed by atoms with Crippen molar-refractivity contribution in [1.29, 1.82) is 0 Å². The predicted molar refractivity (Wildman–Crippen MR) is 104 cm³/mol. The van der Waals surface area contributed by atoms with E-state index in [4.69, 9.17) is 4.74 Å². The van der Waals surface area contributed by atoms with Crippen LogP contribution in [0.3, 0.4) is 0 Å². The molecule has 0 aliphatic carbocycles. The Kier molecular flexibility index (Phi) is 6.42. The van der Waals surface area contributed by atoms with Gasteiger partial charge in [0.2, 0.25) is 5.91 Å². The molecular formula is C22H26F2N2O2. The summed E-state index contributed by atoms with van der Waals surface area (Å²) in [4.78, 5) is 14.7. The van der Waals surface area contributed by atoms with Crippen molar-refractivity contribution in [3.05, 3.63) is 71.3 Å². The van der Waals surface area contributed by atoms with E-state index in [9.17, 15) is 13.6 Å². The van der Waals surface area contributed by atoms with E-state index in [-0.39, 0.29) is 11.7 Å². The third kappa shape index (κ3) is 4.39. The predicted octanol–water partition coefficient (Wildman–Crippen LogP) is 3.43. The molecule has 1 heterocycles. The third-order valence-electron chi connectivity index (χ3n) is 5.45. The van der Waals surface area contributed by atoms with Crippen LogP contribution in [-0.4, -0.2) is 44.7 Å². The molecule has 150 valence electrons. The second-order valence-corrected chi connectivity index (χ2v) is 7.51. The number of carbonyl (C=O) groups is 1. The van der Waals surface area contributed by atoms with Crippen molar-refractivity contribution in [2.45, 2.75) is 24.3 Å². The van der Waals surface area contributed by atoms with Crippen LogP contribution in [0.15, 0.2) is 48.5 Å². The second-order valence-electron chi connectivity index (χ2n) is 7.51. The summed E-state index contributed by atoms with van der Waals surface area (Å²) in [6, 6.07) is 12.1. The fourth-order valence-corrected chi connectivity index (χ4v) is 3.85. The molecule has 0 spiro atoms. The van der Waals surface area contributed by atoms with Gasteiger partial charge in [-0.25, -0.2) is 8.78 Å². The van der Waals surface area contributed by atoms with Crippen molar-refractivity contribution >= 4 is 5.91 Å². The number of nitrogens with one attached hydrogen (secondary N) is 1. The van der Waals surface area contributed by atoms with E-state index < -0.39 is 17.3 Å². The minimum Gasteiger partial charge on any atom is -0.381 e. The number of rotatable bonds is 6. The molecular weight excluding hydrogens is 362 g/mol. The summed E-state index contributed by atoms with van der Waals surface area (Å²) in [6.45, 7) is 1.45. The Hall–Kier alpha value is -2.31. The van der Waals surface area contributed by atoms with Crippen molar-refractivity contribution < 1.29 is 18.3 Å². The number of hydrogen-bond donors (Lipinski definition) is 1. The summed E-state index contributed by atoms with van der Waals surface area (Å²) < 4.78 is 33.6. The zero-order valence-corrected chi connectivity index (χ0v) is 16.3. The van der Waals surface area contributed by atoms with Crippen molar-refractivity contribution in [2.24, 2.45) is 0 Å². The first kappa shape index (κ1) is 20.4. The molecule has 0 radical (unpaired) electrons. The standard InChI is InChI=1S/C22H26F2N2O2/c1-26(2)20(18-8-3-4-9-19(18)24)21(27)25-15-22(10-12-28-13-11-22)16-6-5-7-17(23)14-16/h3-9,14,20H,10-13,15H2,1-2H3,(H,25,27). The lowest BCUT2D eigenvalue weighted by atomic mass is 9.74. The number of halogens is 2. The van der Waals surface area contributed by atoms with Gasteiger partial charge in [-0.1, -0.05) is 30.3 Å². The van der Waals surface area contributed by atoms with Gasteiger partial charge < -0.3 is 10.1 Å². The van der Waals surface area contributed by atoms with E-state index in [0.717, 1.165) is 5.56 Å². The van der Waals surface area contributed by atoms with Crippen molar-refractivity contribution in [3.8, 4) is 0 Å². The molecule has 3 rings (SSSR count). The van der Waals surface area contributed by atoms with Gasteiger partial charge in [-0.05, 0) is 50.7 Å². The molecule has 2 aromatic rings. The fourth-order valence-electron chi connectivity index (χ4n) is 3.85. The monoisotopic (exact) mass is 388 g/mol. The molecule has 0 aromatic heterocycles. The van der Waals surface area contributed by atoms with Gasteiger partial charge in [0.25, 0.3) is 0 Å². The lowest BCUT2D eigenvalue weighted by Crippen LogP contribution is -2.47. The lowest BCUT2D eigenvalue weighted by Gasteiger charge is -2.38. The second kappa shape index (κ2) is 8.80. The number of carbonyl (C=O) groups excluding carboxylic acids is 1. The minimum absolute atomic E-state index is 0.280. The van der Waals surface area contributed by atoms with Crippen LogP contribution in [0.5, 0.6) is 0 Å². The van der Waals surface area contributed by atoms with Crippen LogP contribution in [0.25, 0.3) is 0 Å². The average Bonchev–Trinajstić information content (AvgIpc) is 2.68.